The van der Waals surface area contributed by atoms with Crippen molar-refractivity contribution in [2.24, 2.45) is 4.99 Å². The van der Waals surface area contributed by atoms with E-state index in [-0.39, 0.29) is 23.6 Å². The molecule has 0 aliphatic carbocycles. The van der Waals surface area contributed by atoms with Gasteiger partial charge in [-0.05, 0) is 61.6 Å². The molecule has 2 heterocycles. The largest absolute Gasteiger partial charge is 0.315 e. The van der Waals surface area contributed by atoms with Crippen molar-refractivity contribution in [3.05, 3.63) is 64.2 Å². The Morgan fingerprint density at radius 3 is 2.50 bits per heavy atom. The molecule has 1 fully saturated rings. The number of rotatable bonds is 3. The highest BCUT2D eigenvalue weighted by molar-refractivity contribution is 8.13. The Morgan fingerprint density at radius 2 is 1.75 bits per heavy atom. The van der Waals surface area contributed by atoms with Crippen LogP contribution in [0.2, 0.25) is 0 Å². The molecule has 148 valence electrons. The zero-order valence-electron chi connectivity index (χ0n) is 16.8. The van der Waals surface area contributed by atoms with Crippen molar-refractivity contribution in [2.45, 2.75) is 45.5 Å². The lowest BCUT2D eigenvalue weighted by Gasteiger charge is -2.28. The number of hydrogen-bond donors (Lipinski definition) is 0. The summed E-state index contributed by atoms with van der Waals surface area (Å²) >= 11 is 1.71. The molecule has 0 saturated carbocycles. The fraction of sp³-hybridized carbons (Fsp3) is 0.409. The topological polar surface area (TPSA) is 49.7 Å². The average molecular weight is 415 g/mol. The van der Waals surface area contributed by atoms with Crippen LogP contribution in [0.1, 0.15) is 27.8 Å². The summed E-state index contributed by atoms with van der Waals surface area (Å²) < 4.78 is 24.5. The molecule has 0 unspecified atom stereocenters. The van der Waals surface area contributed by atoms with E-state index in [1.54, 1.807) is 11.8 Å². The predicted octanol–water partition coefficient (Wildman–Crippen LogP) is 4.20. The van der Waals surface area contributed by atoms with Crippen LogP contribution < -0.4 is 4.90 Å². The summed E-state index contributed by atoms with van der Waals surface area (Å²) in [6.45, 7) is 8.41. The van der Waals surface area contributed by atoms with Gasteiger partial charge in [-0.2, -0.15) is 0 Å². The third kappa shape index (κ3) is 3.72. The van der Waals surface area contributed by atoms with Crippen molar-refractivity contribution in [3.8, 4) is 0 Å². The highest BCUT2D eigenvalue weighted by Crippen LogP contribution is 2.37. The van der Waals surface area contributed by atoms with Gasteiger partial charge in [0, 0.05) is 11.4 Å². The molecule has 2 atom stereocenters. The number of thioether (sulfide) groups is 1. The van der Waals surface area contributed by atoms with Crippen LogP contribution >= 0.6 is 11.8 Å². The SMILES string of the molecule is Cc1ccc(C)c(N2C(SCc3ccc(C)c(C)c3)=N[C@H]3CS(=O)(=O)C[C@H]32)c1. The molecule has 0 bridgehead atoms. The summed E-state index contributed by atoms with van der Waals surface area (Å²) in [6.07, 6.45) is 0. The van der Waals surface area contributed by atoms with E-state index in [2.05, 4.69) is 69.0 Å². The van der Waals surface area contributed by atoms with Gasteiger partial charge in [-0.25, -0.2) is 8.42 Å². The summed E-state index contributed by atoms with van der Waals surface area (Å²) in [5, 5.41) is 0.942. The fourth-order valence-electron chi connectivity index (χ4n) is 3.94. The molecule has 28 heavy (non-hydrogen) atoms. The van der Waals surface area contributed by atoms with Crippen LogP contribution in [0.5, 0.6) is 0 Å². The summed E-state index contributed by atoms with van der Waals surface area (Å²) in [5.41, 5.74) is 7.25. The number of sulfone groups is 1. The van der Waals surface area contributed by atoms with E-state index in [9.17, 15) is 8.42 Å². The smallest absolute Gasteiger partial charge is 0.164 e. The molecular formula is C22H26N2O2S2. The lowest BCUT2D eigenvalue weighted by atomic mass is 10.1. The van der Waals surface area contributed by atoms with Crippen LogP contribution in [0.25, 0.3) is 0 Å². The number of hydrogen-bond acceptors (Lipinski definition) is 5. The number of fused-ring (bicyclic) bond motifs is 1. The van der Waals surface area contributed by atoms with E-state index in [1.807, 2.05) is 0 Å². The van der Waals surface area contributed by atoms with E-state index in [0.717, 1.165) is 22.2 Å². The average Bonchev–Trinajstić information content (AvgIpc) is 3.09. The van der Waals surface area contributed by atoms with Crippen LogP contribution in [-0.4, -0.2) is 37.2 Å². The molecule has 1 saturated heterocycles. The van der Waals surface area contributed by atoms with Gasteiger partial charge in [-0.1, -0.05) is 42.1 Å². The van der Waals surface area contributed by atoms with Crippen LogP contribution in [-0.2, 0) is 15.6 Å². The molecular weight excluding hydrogens is 388 g/mol. The van der Waals surface area contributed by atoms with Gasteiger partial charge >= 0.3 is 0 Å². The van der Waals surface area contributed by atoms with Crippen LogP contribution in [0.3, 0.4) is 0 Å². The summed E-state index contributed by atoms with van der Waals surface area (Å²) in [6, 6.07) is 12.6. The fourth-order valence-corrected chi connectivity index (χ4v) is 6.84. The maximum absolute atomic E-state index is 12.2. The van der Waals surface area contributed by atoms with E-state index in [1.165, 1.54) is 22.3 Å². The Morgan fingerprint density at radius 1 is 1.00 bits per heavy atom. The highest BCUT2D eigenvalue weighted by Gasteiger charge is 2.47. The maximum atomic E-state index is 12.2. The van der Waals surface area contributed by atoms with Gasteiger partial charge in [-0.3, -0.25) is 4.99 Å². The first-order chi connectivity index (χ1) is 13.2. The molecule has 0 radical (unpaired) electrons. The molecule has 4 nitrogen and oxygen atoms in total. The lowest BCUT2D eigenvalue weighted by Crippen LogP contribution is -2.39. The first-order valence-electron chi connectivity index (χ1n) is 9.57. The van der Waals surface area contributed by atoms with Gasteiger partial charge in [-0.15, -0.1) is 0 Å². The van der Waals surface area contributed by atoms with Crippen LogP contribution in [0, 0.1) is 27.7 Å². The Labute approximate surface area is 172 Å². The van der Waals surface area contributed by atoms with E-state index >= 15 is 0 Å². The third-order valence-electron chi connectivity index (χ3n) is 5.67. The van der Waals surface area contributed by atoms with Gasteiger partial charge in [0.25, 0.3) is 0 Å². The van der Waals surface area contributed by atoms with Gasteiger partial charge in [0.05, 0.1) is 23.6 Å². The molecule has 0 amide bonds. The molecule has 2 aromatic rings. The quantitative estimate of drug-likeness (QED) is 0.755. The van der Waals surface area contributed by atoms with Crippen molar-refractivity contribution in [1.29, 1.82) is 0 Å². The number of amidine groups is 1. The predicted molar refractivity (Wildman–Crippen MR) is 119 cm³/mol. The standard InChI is InChI=1S/C22H26N2O2S2/c1-14-5-6-16(3)20(9-14)24-21-13-28(25,26)12-19(21)23-22(24)27-11-18-8-7-15(2)17(4)10-18/h5-10,19,21H,11-13H2,1-4H3/t19-,21+/m0/s1. The van der Waals surface area contributed by atoms with E-state index in [4.69, 9.17) is 4.99 Å². The van der Waals surface area contributed by atoms with Crippen molar-refractivity contribution in [3.63, 3.8) is 0 Å². The second kappa shape index (κ2) is 7.23. The van der Waals surface area contributed by atoms with Crippen molar-refractivity contribution in [2.75, 3.05) is 16.4 Å². The molecule has 0 N–H and O–H groups in total. The lowest BCUT2D eigenvalue weighted by molar-refractivity contribution is 0.601. The Hall–Kier alpha value is -1.79. The van der Waals surface area contributed by atoms with Crippen LogP contribution in [0.15, 0.2) is 41.4 Å². The third-order valence-corrected chi connectivity index (χ3v) is 8.41. The summed E-state index contributed by atoms with van der Waals surface area (Å²) in [4.78, 5) is 7.04. The van der Waals surface area contributed by atoms with Crippen molar-refractivity contribution >= 4 is 32.5 Å². The molecule has 2 aromatic carbocycles. The van der Waals surface area contributed by atoms with Crippen molar-refractivity contribution in [1.82, 2.24) is 0 Å². The van der Waals surface area contributed by atoms with Gasteiger partial charge < -0.3 is 4.90 Å². The second-order valence-electron chi connectivity index (χ2n) is 7.99. The summed E-state index contributed by atoms with van der Waals surface area (Å²) in [7, 11) is -3.03. The molecule has 0 spiro atoms. The molecule has 0 aromatic heterocycles. The van der Waals surface area contributed by atoms with Crippen LogP contribution in [0.4, 0.5) is 5.69 Å². The number of anilines is 1. The van der Waals surface area contributed by atoms with E-state index in [0.29, 0.717) is 0 Å². The Kier molecular flexibility index (Phi) is 5.04. The number of benzene rings is 2. The zero-order valence-corrected chi connectivity index (χ0v) is 18.4. The van der Waals surface area contributed by atoms with Gasteiger partial charge in [0.2, 0.25) is 0 Å². The zero-order chi connectivity index (χ0) is 20.1. The molecule has 2 aliphatic rings. The number of nitrogens with zero attached hydrogens (tertiary/aromatic N) is 2. The molecule has 4 rings (SSSR count). The maximum Gasteiger partial charge on any atom is 0.164 e. The molecule has 2 aliphatic heterocycles. The highest BCUT2D eigenvalue weighted by atomic mass is 32.2. The summed E-state index contributed by atoms with van der Waals surface area (Å²) in [5.74, 6) is 1.17. The Bertz CT molecular complexity index is 1060. The first-order valence-corrected chi connectivity index (χ1v) is 12.4. The first kappa shape index (κ1) is 19.5. The van der Waals surface area contributed by atoms with Gasteiger partial charge in [0.1, 0.15) is 0 Å². The normalized spacial score (nSPS) is 23.0. The minimum atomic E-state index is -3.03. The van der Waals surface area contributed by atoms with Crippen molar-refractivity contribution < 1.29 is 8.42 Å². The monoisotopic (exact) mass is 414 g/mol. The van der Waals surface area contributed by atoms with E-state index < -0.39 is 9.84 Å². The minimum absolute atomic E-state index is 0.0900. The van der Waals surface area contributed by atoms with Gasteiger partial charge in [0.15, 0.2) is 15.0 Å². The number of aliphatic imine (C=N–C) groups is 1. The second-order valence-corrected chi connectivity index (χ2v) is 11.1. The minimum Gasteiger partial charge on any atom is -0.315 e. The molecule has 6 heteroatoms. The Balaban J connectivity index is 1.65. The number of aryl methyl sites for hydroxylation is 4.